The Morgan fingerprint density at radius 1 is 0.750 bits per heavy atom. The number of carbonyl (C=O) groups is 2. The van der Waals surface area contributed by atoms with Crippen LogP contribution in [0.5, 0.6) is 5.75 Å². The second-order valence-electron chi connectivity index (χ2n) is 13.7. The van der Waals surface area contributed by atoms with E-state index in [9.17, 15) is 24.9 Å². The van der Waals surface area contributed by atoms with E-state index < -0.39 is 12.4 Å². The van der Waals surface area contributed by atoms with Gasteiger partial charge in [-0.3, -0.25) is 14.5 Å². The molecule has 0 radical (unpaired) electrons. The zero-order valence-corrected chi connectivity index (χ0v) is 29.1. The Kier molecular flexibility index (Phi) is 10.3. The Labute approximate surface area is 303 Å². The fraction of sp³-hybridized carbons (Fsp3) is 0.256. The van der Waals surface area contributed by atoms with Gasteiger partial charge in [-0.15, -0.1) is 0 Å². The first-order chi connectivity index (χ1) is 25.2. The number of aliphatic hydroxyl groups is 2. The summed E-state index contributed by atoms with van der Waals surface area (Å²) in [6.45, 7) is 3.11. The minimum Gasteiger partial charge on any atom is -0.508 e. The summed E-state index contributed by atoms with van der Waals surface area (Å²) in [5.41, 5.74) is 6.92. The molecule has 9 nitrogen and oxygen atoms in total. The summed E-state index contributed by atoms with van der Waals surface area (Å²) in [5.74, 6) is -0.492. The maximum atomic E-state index is 13.0. The van der Waals surface area contributed by atoms with Gasteiger partial charge in [-0.25, -0.2) is 0 Å². The smallest absolute Gasteiger partial charge is 0.261 e. The molecule has 0 bridgehead atoms. The van der Waals surface area contributed by atoms with Gasteiger partial charge >= 0.3 is 0 Å². The maximum absolute atomic E-state index is 13.0. The molecule has 2 amide bonds. The molecule has 0 aromatic heterocycles. The standard InChI is InChI=1S/C43H42N2O7/c1-27-39(25-44(2)24-38(48)34-9-6-10-35(47)22-34)51-43(52-40(27)31-15-13-28(26-46)14-16-31)32-19-17-30(18-20-32)33-8-5-7-29(21-33)23-45-41(49)36-11-3-4-12-37(36)42(45)50/h3-22,27,38-40,43,46-48H,23-26H2,1-2H3/t27-,38+,39+,40+,43+/m0/s1. The van der Waals surface area contributed by atoms with Gasteiger partial charge in [0.05, 0.1) is 42.6 Å². The molecule has 52 heavy (non-hydrogen) atoms. The van der Waals surface area contributed by atoms with Crippen molar-refractivity contribution >= 4 is 11.8 Å². The van der Waals surface area contributed by atoms with E-state index in [1.807, 2.05) is 84.7 Å². The molecule has 0 saturated carbocycles. The number of amides is 2. The van der Waals surface area contributed by atoms with Crippen molar-refractivity contribution in [2.45, 2.75) is 44.7 Å². The zero-order chi connectivity index (χ0) is 36.4. The minimum absolute atomic E-state index is 0.0410. The number of fused-ring (bicyclic) bond motifs is 1. The average Bonchev–Trinajstić information content (AvgIpc) is 3.40. The summed E-state index contributed by atoms with van der Waals surface area (Å²) in [4.78, 5) is 29.3. The van der Waals surface area contributed by atoms with Crippen molar-refractivity contribution in [2.75, 3.05) is 20.1 Å². The fourth-order valence-electron chi connectivity index (χ4n) is 7.09. The summed E-state index contributed by atoms with van der Waals surface area (Å²) in [5, 5.41) is 30.4. The Balaban J connectivity index is 1.08. The molecule has 1 fully saturated rings. The van der Waals surface area contributed by atoms with E-state index in [4.69, 9.17) is 9.47 Å². The van der Waals surface area contributed by atoms with Crippen LogP contribution < -0.4 is 0 Å². The van der Waals surface area contributed by atoms with Crippen LogP contribution in [-0.4, -0.2) is 63.2 Å². The second kappa shape index (κ2) is 15.2. The molecule has 0 aliphatic carbocycles. The number of benzene rings is 5. The van der Waals surface area contributed by atoms with Gasteiger partial charge in [0, 0.05) is 24.6 Å². The first-order valence-electron chi connectivity index (χ1n) is 17.5. The van der Waals surface area contributed by atoms with Crippen LogP contribution in [0.3, 0.4) is 0 Å². The highest BCUT2D eigenvalue weighted by atomic mass is 16.7. The van der Waals surface area contributed by atoms with Crippen molar-refractivity contribution in [3.8, 4) is 16.9 Å². The third-order valence-electron chi connectivity index (χ3n) is 10.0. The van der Waals surface area contributed by atoms with Gasteiger partial charge in [-0.05, 0) is 70.8 Å². The van der Waals surface area contributed by atoms with Crippen molar-refractivity contribution in [1.29, 1.82) is 0 Å². The number of imide groups is 1. The molecule has 2 aliphatic rings. The van der Waals surface area contributed by atoms with Gasteiger partial charge in [-0.1, -0.05) is 97.9 Å². The van der Waals surface area contributed by atoms with Gasteiger partial charge in [0.2, 0.25) is 0 Å². The average molecular weight is 699 g/mol. The molecule has 266 valence electrons. The Morgan fingerprint density at radius 3 is 2.10 bits per heavy atom. The third-order valence-corrected chi connectivity index (χ3v) is 10.0. The number of phenols is 1. The van der Waals surface area contributed by atoms with E-state index >= 15 is 0 Å². The molecule has 5 aromatic rings. The molecule has 7 rings (SSSR count). The molecule has 3 N–H and O–H groups in total. The lowest BCUT2D eigenvalue weighted by Crippen LogP contribution is -2.44. The molecule has 2 heterocycles. The number of ether oxygens (including phenoxy) is 2. The number of likely N-dealkylation sites (N-methyl/N-ethyl adjacent to an activating group) is 1. The van der Waals surface area contributed by atoms with Gasteiger partial charge < -0.3 is 29.7 Å². The van der Waals surface area contributed by atoms with Gasteiger partial charge in [-0.2, -0.15) is 0 Å². The molecule has 0 unspecified atom stereocenters. The topological polar surface area (TPSA) is 120 Å². The van der Waals surface area contributed by atoms with Crippen LogP contribution in [0, 0.1) is 5.92 Å². The second-order valence-corrected chi connectivity index (χ2v) is 13.7. The molecule has 9 heteroatoms. The Hall–Kier alpha value is -5.16. The van der Waals surface area contributed by atoms with Crippen LogP contribution in [0.15, 0.2) is 121 Å². The lowest BCUT2D eigenvalue weighted by molar-refractivity contribution is -0.276. The minimum atomic E-state index is -0.788. The number of rotatable bonds is 11. The van der Waals surface area contributed by atoms with Crippen LogP contribution in [0.25, 0.3) is 11.1 Å². The fourth-order valence-corrected chi connectivity index (χ4v) is 7.09. The van der Waals surface area contributed by atoms with Crippen molar-refractivity contribution in [3.05, 3.63) is 160 Å². The Morgan fingerprint density at radius 2 is 1.42 bits per heavy atom. The van der Waals surface area contributed by atoms with Crippen LogP contribution in [0.1, 0.15) is 74.0 Å². The van der Waals surface area contributed by atoms with Crippen LogP contribution in [0.2, 0.25) is 0 Å². The lowest BCUT2D eigenvalue weighted by Gasteiger charge is -2.42. The summed E-state index contributed by atoms with van der Waals surface area (Å²) in [7, 11) is 1.94. The SMILES string of the molecule is C[C@H]1[C@@H](CN(C)C[C@@H](O)c2cccc(O)c2)O[C@@H](c2ccc(-c3cccc(CN4C(=O)c5ccccc5C4=O)c3)cc2)O[C@H]1c1ccc(CO)cc1. The predicted molar refractivity (Wildman–Crippen MR) is 196 cm³/mol. The van der Waals surface area contributed by atoms with Gasteiger partial charge in [0.1, 0.15) is 5.75 Å². The number of hydrogen-bond donors (Lipinski definition) is 3. The van der Waals surface area contributed by atoms with Crippen molar-refractivity contribution in [2.24, 2.45) is 5.92 Å². The number of phenolic OH excluding ortho intramolecular Hbond substituents is 1. The number of nitrogens with zero attached hydrogens (tertiary/aromatic N) is 2. The predicted octanol–water partition coefficient (Wildman–Crippen LogP) is 6.80. The molecule has 0 spiro atoms. The highest BCUT2D eigenvalue weighted by molar-refractivity contribution is 6.21. The summed E-state index contributed by atoms with van der Waals surface area (Å²) < 4.78 is 13.3. The summed E-state index contributed by atoms with van der Waals surface area (Å²) in [6.07, 6.45) is -1.99. The normalized spacial score (nSPS) is 20.7. The van der Waals surface area contributed by atoms with E-state index in [0.717, 1.165) is 33.4 Å². The maximum Gasteiger partial charge on any atom is 0.261 e. The van der Waals surface area contributed by atoms with Gasteiger partial charge in [0.25, 0.3) is 11.8 Å². The molecule has 5 aromatic carbocycles. The van der Waals surface area contributed by atoms with E-state index in [2.05, 4.69) is 6.92 Å². The van der Waals surface area contributed by atoms with Crippen molar-refractivity contribution in [1.82, 2.24) is 9.80 Å². The van der Waals surface area contributed by atoms with E-state index in [0.29, 0.717) is 29.8 Å². The number of aromatic hydroxyl groups is 1. The number of carbonyl (C=O) groups excluding carboxylic acids is 2. The Bertz CT molecular complexity index is 2010. The lowest BCUT2D eigenvalue weighted by atomic mass is 9.90. The molecule has 1 saturated heterocycles. The zero-order valence-electron chi connectivity index (χ0n) is 29.1. The quantitative estimate of drug-likeness (QED) is 0.129. The van der Waals surface area contributed by atoms with Crippen LogP contribution in [-0.2, 0) is 22.6 Å². The molecular weight excluding hydrogens is 656 g/mol. The van der Waals surface area contributed by atoms with Crippen molar-refractivity contribution < 1.29 is 34.4 Å². The largest absolute Gasteiger partial charge is 0.508 e. The highest BCUT2D eigenvalue weighted by Gasteiger charge is 2.39. The van der Waals surface area contributed by atoms with Crippen LogP contribution >= 0.6 is 0 Å². The van der Waals surface area contributed by atoms with Gasteiger partial charge in [0.15, 0.2) is 6.29 Å². The van der Waals surface area contributed by atoms with Crippen LogP contribution in [0.4, 0.5) is 0 Å². The van der Waals surface area contributed by atoms with Crippen molar-refractivity contribution in [3.63, 3.8) is 0 Å². The first-order valence-corrected chi connectivity index (χ1v) is 17.5. The molecule has 5 atom stereocenters. The molecule has 2 aliphatic heterocycles. The van der Waals surface area contributed by atoms with E-state index in [1.165, 1.54) is 4.90 Å². The highest BCUT2D eigenvalue weighted by Crippen LogP contribution is 2.42. The monoisotopic (exact) mass is 698 g/mol. The number of hydrogen-bond acceptors (Lipinski definition) is 8. The summed E-state index contributed by atoms with van der Waals surface area (Å²) >= 11 is 0. The first kappa shape index (κ1) is 35.3. The summed E-state index contributed by atoms with van der Waals surface area (Å²) in [6, 6.07) is 37.2. The van der Waals surface area contributed by atoms with E-state index in [-0.39, 0.29) is 48.8 Å². The molecular formula is C43H42N2O7. The van der Waals surface area contributed by atoms with E-state index in [1.54, 1.807) is 48.5 Å². The number of aliphatic hydroxyl groups excluding tert-OH is 2. The third kappa shape index (κ3) is 7.41.